The second-order valence-electron chi connectivity index (χ2n) is 5.67. The van der Waals surface area contributed by atoms with Gasteiger partial charge in [-0.1, -0.05) is 17.7 Å². The van der Waals surface area contributed by atoms with E-state index in [4.69, 9.17) is 11.6 Å². The van der Waals surface area contributed by atoms with Crippen LogP contribution in [-0.4, -0.2) is 40.9 Å². The van der Waals surface area contributed by atoms with Gasteiger partial charge in [-0.05, 0) is 31.2 Å². The molecule has 0 bridgehead atoms. The molecule has 23 heavy (non-hydrogen) atoms. The van der Waals surface area contributed by atoms with Gasteiger partial charge in [0.25, 0.3) is 5.91 Å². The minimum absolute atomic E-state index is 0.0243. The molecule has 0 aromatic carbocycles. The molecule has 1 aliphatic rings. The van der Waals surface area contributed by atoms with E-state index in [0.29, 0.717) is 11.0 Å². The van der Waals surface area contributed by atoms with Gasteiger partial charge in [-0.2, -0.15) is 0 Å². The molecule has 1 aliphatic heterocycles. The lowest BCUT2D eigenvalue weighted by atomic mass is 10.2. The maximum absolute atomic E-state index is 12.8. The molecule has 1 atom stereocenters. The van der Waals surface area contributed by atoms with Gasteiger partial charge in [0.05, 0.1) is 17.3 Å². The first-order valence-corrected chi connectivity index (χ1v) is 8.91. The molecule has 1 amide bonds. The maximum Gasteiger partial charge on any atom is 0.274 e. The van der Waals surface area contributed by atoms with Gasteiger partial charge < -0.3 is 9.80 Å². The van der Waals surface area contributed by atoms with Crippen LogP contribution >= 0.6 is 22.9 Å². The van der Waals surface area contributed by atoms with Crippen molar-refractivity contribution >= 4 is 34.8 Å². The Morgan fingerprint density at radius 3 is 2.83 bits per heavy atom. The van der Waals surface area contributed by atoms with E-state index in [1.54, 1.807) is 23.3 Å². The number of rotatable bonds is 4. The first-order valence-electron chi connectivity index (χ1n) is 7.66. The molecule has 7 heteroatoms. The Morgan fingerprint density at radius 2 is 2.17 bits per heavy atom. The van der Waals surface area contributed by atoms with Crippen molar-refractivity contribution < 1.29 is 4.79 Å². The first-order chi connectivity index (χ1) is 11.1. The van der Waals surface area contributed by atoms with Gasteiger partial charge in [0.15, 0.2) is 5.69 Å². The average Bonchev–Trinajstić information content (AvgIpc) is 3.26. The molecule has 0 aliphatic carbocycles. The minimum Gasteiger partial charge on any atom is -0.341 e. The van der Waals surface area contributed by atoms with E-state index < -0.39 is 0 Å². The highest BCUT2D eigenvalue weighted by atomic mass is 35.5. The number of nitrogens with zero attached hydrogens (tertiary/aromatic N) is 4. The summed E-state index contributed by atoms with van der Waals surface area (Å²) in [6.07, 6.45) is 3.79. The summed E-state index contributed by atoms with van der Waals surface area (Å²) in [5, 5.41) is 2.30. The molecule has 2 aromatic rings. The van der Waals surface area contributed by atoms with Crippen molar-refractivity contribution in [2.45, 2.75) is 25.8 Å². The Bertz CT molecular complexity index is 685. The van der Waals surface area contributed by atoms with Crippen molar-refractivity contribution in [2.24, 2.45) is 0 Å². The molecule has 3 rings (SSSR count). The molecule has 1 unspecified atom stereocenters. The fourth-order valence-corrected chi connectivity index (χ4v) is 3.64. The smallest absolute Gasteiger partial charge is 0.274 e. The van der Waals surface area contributed by atoms with E-state index in [1.807, 2.05) is 24.4 Å². The summed E-state index contributed by atoms with van der Waals surface area (Å²) in [5.41, 5.74) is 0.273. The standard InChI is InChI=1S/C16H19ClN4OS/c1-11(13-6-5-9-23-13)20(2)15(22)14-12(17)10-18-16(19-14)21-7-3-4-8-21/h5-6,9-11H,3-4,7-8H2,1-2H3. The van der Waals surface area contributed by atoms with E-state index in [1.165, 1.54) is 6.20 Å². The highest BCUT2D eigenvalue weighted by Gasteiger charge is 2.25. The lowest BCUT2D eigenvalue weighted by Crippen LogP contribution is -2.31. The van der Waals surface area contributed by atoms with Gasteiger partial charge in [0, 0.05) is 25.0 Å². The highest BCUT2D eigenvalue weighted by Crippen LogP contribution is 2.27. The van der Waals surface area contributed by atoms with E-state index in [-0.39, 0.29) is 17.6 Å². The number of hydrogen-bond donors (Lipinski definition) is 0. The van der Waals surface area contributed by atoms with Crippen LogP contribution in [-0.2, 0) is 0 Å². The topological polar surface area (TPSA) is 49.3 Å². The molecule has 5 nitrogen and oxygen atoms in total. The molecule has 0 saturated carbocycles. The normalized spacial score (nSPS) is 15.7. The van der Waals surface area contributed by atoms with Crippen molar-refractivity contribution in [2.75, 3.05) is 25.0 Å². The Balaban J connectivity index is 1.84. The van der Waals surface area contributed by atoms with Crippen LogP contribution in [0.5, 0.6) is 0 Å². The molecule has 1 fully saturated rings. The van der Waals surface area contributed by atoms with Crippen LogP contribution in [0, 0.1) is 0 Å². The van der Waals surface area contributed by atoms with E-state index >= 15 is 0 Å². The van der Waals surface area contributed by atoms with Crippen molar-refractivity contribution in [3.63, 3.8) is 0 Å². The summed E-state index contributed by atoms with van der Waals surface area (Å²) < 4.78 is 0. The van der Waals surface area contributed by atoms with Crippen LogP contribution in [0.15, 0.2) is 23.7 Å². The van der Waals surface area contributed by atoms with Crippen LogP contribution < -0.4 is 4.90 Å². The lowest BCUT2D eigenvalue weighted by molar-refractivity contribution is 0.0739. The summed E-state index contributed by atoms with van der Waals surface area (Å²) in [6, 6.07) is 3.98. The fourth-order valence-electron chi connectivity index (χ4n) is 2.64. The van der Waals surface area contributed by atoms with Crippen molar-refractivity contribution in [1.29, 1.82) is 0 Å². The Kier molecular flexibility index (Phi) is 4.82. The zero-order chi connectivity index (χ0) is 16.4. The summed E-state index contributed by atoms with van der Waals surface area (Å²) in [4.78, 5) is 26.4. The zero-order valence-corrected chi connectivity index (χ0v) is 14.8. The Hall–Kier alpha value is -1.66. The van der Waals surface area contributed by atoms with Gasteiger partial charge in [-0.3, -0.25) is 4.79 Å². The summed E-state index contributed by atoms with van der Waals surface area (Å²) in [5.74, 6) is 0.408. The SMILES string of the molecule is CC(c1cccs1)N(C)C(=O)c1nc(N2CCCC2)ncc1Cl. The number of anilines is 1. The van der Waals surface area contributed by atoms with E-state index in [2.05, 4.69) is 14.9 Å². The van der Waals surface area contributed by atoms with Crippen LogP contribution in [0.25, 0.3) is 0 Å². The number of amides is 1. The largest absolute Gasteiger partial charge is 0.341 e. The molecule has 0 spiro atoms. The highest BCUT2D eigenvalue weighted by molar-refractivity contribution is 7.10. The quantitative estimate of drug-likeness (QED) is 0.845. The molecule has 122 valence electrons. The number of carbonyl (C=O) groups is 1. The fraction of sp³-hybridized carbons (Fsp3) is 0.438. The zero-order valence-electron chi connectivity index (χ0n) is 13.2. The number of thiophene rings is 1. The molecule has 1 saturated heterocycles. The molecule has 2 aromatic heterocycles. The number of halogens is 1. The minimum atomic E-state index is -0.182. The Morgan fingerprint density at radius 1 is 1.43 bits per heavy atom. The van der Waals surface area contributed by atoms with Crippen LogP contribution in [0.3, 0.4) is 0 Å². The molecule has 0 radical (unpaired) electrons. The van der Waals surface area contributed by atoms with Crippen LogP contribution in [0.1, 0.15) is 41.2 Å². The summed E-state index contributed by atoms with van der Waals surface area (Å²) in [6.45, 7) is 3.85. The predicted octanol–water partition coefficient (Wildman–Crippen LogP) is 3.62. The Labute approximate surface area is 144 Å². The third kappa shape index (κ3) is 3.33. The van der Waals surface area contributed by atoms with E-state index in [9.17, 15) is 4.79 Å². The van der Waals surface area contributed by atoms with E-state index in [0.717, 1.165) is 30.8 Å². The summed E-state index contributed by atoms with van der Waals surface area (Å²) >= 11 is 7.81. The molecular formula is C16H19ClN4OS. The predicted molar refractivity (Wildman–Crippen MR) is 93.3 cm³/mol. The third-order valence-corrected chi connectivity index (χ3v) is 5.50. The van der Waals surface area contributed by atoms with Crippen LogP contribution in [0.4, 0.5) is 5.95 Å². The van der Waals surface area contributed by atoms with Crippen molar-refractivity contribution in [3.8, 4) is 0 Å². The van der Waals surface area contributed by atoms with Crippen molar-refractivity contribution in [3.05, 3.63) is 39.3 Å². The first kappa shape index (κ1) is 16.2. The second-order valence-corrected chi connectivity index (χ2v) is 7.05. The average molecular weight is 351 g/mol. The second kappa shape index (κ2) is 6.84. The van der Waals surface area contributed by atoms with Gasteiger partial charge in [0.1, 0.15) is 0 Å². The van der Waals surface area contributed by atoms with Gasteiger partial charge in [-0.15, -0.1) is 11.3 Å². The maximum atomic E-state index is 12.8. The number of hydrogen-bond acceptors (Lipinski definition) is 5. The van der Waals surface area contributed by atoms with Gasteiger partial charge in [0.2, 0.25) is 5.95 Å². The lowest BCUT2D eigenvalue weighted by Gasteiger charge is -2.24. The third-order valence-electron chi connectivity index (χ3n) is 4.18. The van der Waals surface area contributed by atoms with Crippen LogP contribution in [0.2, 0.25) is 5.02 Å². The van der Waals surface area contributed by atoms with Gasteiger partial charge in [-0.25, -0.2) is 9.97 Å². The number of carbonyl (C=O) groups excluding carboxylic acids is 1. The van der Waals surface area contributed by atoms with Crippen molar-refractivity contribution in [1.82, 2.24) is 14.9 Å². The van der Waals surface area contributed by atoms with Gasteiger partial charge >= 0.3 is 0 Å². The summed E-state index contributed by atoms with van der Waals surface area (Å²) in [7, 11) is 1.78. The number of aromatic nitrogens is 2. The monoisotopic (exact) mass is 350 g/mol. The molecular weight excluding hydrogens is 332 g/mol. The molecule has 3 heterocycles. The molecule has 0 N–H and O–H groups in total.